The molecule has 0 fully saturated rings. The molecule has 1 aromatic rings. The Balaban J connectivity index is 2.24. The van der Waals surface area contributed by atoms with Crippen molar-refractivity contribution < 1.29 is 9.90 Å². The van der Waals surface area contributed by atoms with Gasteiger partial charge in [0, 0.05) is 0 Å². The lowest BCUT2D eigenvalue weighted by Gasteiger charge is -2.36. The molecule has 3 heteroatoms. The van der Waals surface area contributed by atoms with Crippen molar-refractivity contribution in [2.24, 2.45) is 11.1 Å². The standard InChI is InChI=1S/C13H17NO2/c14-9-13(8-12(15)16)6-5-10-3-1-2-4-11(10)7-13/h1-4H,5-9,14H2,(H,15,16). The predicted octanol–water partition coefficient (Wildman–Crippen LogP) is 1.60. The molecular weight excluding hydrogens is 202 g/mol. The highest BCUT2D eigenvalue weighted by Crippen LogP contribution is 2.37. The molecule has 0 radical (unpaired) electrons. The molecule has 0 aliphatic heterocycles. The van der Waals surface area contributed by atoms with Crippen LogP contribution in [0.25, 0.3) is 0 Å². The summed E-state index contributed by atoms with van der Waals surface area (Å²) >= 11 is 0. The van der Waals surface area contributed by atoms with Gasteiger partial charge in [-0.1, -0.05) is 24.3 Å². The normalized spacial score (nSPS) is 23.8. The van der Waals surface area contributed by atoms with Crippen LogP contribution in [0.5, 0.6) is 0 Å². The Morgan fingerprint density at radius 1 is 1.38 bits per heavy atom. The second-order valence-electron chi connectivity index (χ2n) is 4.72. The maximum absolute atomic E-state index is 10.9. The molecule has 86 valence electrons. The number of hydrogen-bond acceptors (Lipinski definition) is 2. The zero-order valence-corrected chi connectivity index (χ0v) is 9.28. The monoisotopic (exact) mass is 219 g/mol. The number of carboxylic acid groups (broad SMARTS) is 1. The fourth-order valence-corrected chi connectivity index (χ4v) is 2.58. The van der Waals surface area contributed by atoms with E-state index in [2.05, 4.69) is 12.1 Å². The summed E-state index contributed by atoms with van der Waals surface area (Å²) in [5.41, 5.74) is 8.15. The van der Waals surface area contributed by atoms with Gasteiger partial charge in [0.1, 0.15) is 0 Å². The molecule has 3 N–H and O–H groups in total. The van der Waals surface area contributed by atoms with Gasteiger partial charge in [-0.2, -0.15) is 0 Å². The molecule has 1 atom stereocenters. The molecule has 0 bridgehead atoms. The first-order valence-corrected chi connectivity index (χ1v) is 5.64. The van der Waals surface area contributed by atoms with Crippen LogP contribution in [0, 0.1) is 5.41 Å². The van der Waals surface area contributed by atoms with Crippen LogP contribution in [0.2, 0.25) is 0 Å². The Labute approximate surface area is 95.3 Å². The fourth-order valence-electron chi connectivity index (χ4n) is 2.58. The van der Waals surface area contributed by atoms with E-state index in [0.29, 0.717) is 6.54 Å². The van der Waals surface area contributed by atoms with E-state index in [4.69, 9.17) is 10.8 Å². The molecule has 1 unspecified atom stereocenters. The van der Waals surface area contributed by atoms with Crippen LogP contribution in [-0.2, 0) is 17.6 Å². The molecule has 0 aromatic heterocycles. The van der Waals surface area contributed by atoms with Crippen molar-refractivity contribution in [3.8, 4) is 0 Å². The largest absolute Gasteiger partial charge is 0.481 e. The minimum atomic E-state index is -0.746. The van der Waals surface area contributed by atoms with Gasteiger partial charge in [-0.05, 0) is 42.3 Å². The molecule has 2 rings (SSSR count). The number of aliphatic carboxylic acids is 1. The van der Waals surface area contributed by atoms with Gasteiger partial charge in [-0.15, -0.1) is 0 Å². The Hall–Kier alpha value is -1.35. The summed E-state index contributed by atoms with van der Waals surface area (Å²) in [4.78, 5) is 10.9. The minimum absolute atomic E-state index is 0.178. The van der Waals surface area contributed by atoms with Crippen LogP contribution in [0.4, 0.5) is 0 Å². The number of carboxylic acids is 1. The zero-order valence-electron chi connectivity index (χ0n) is 9.28. The smallest absolute Gasteiger partial charge is 0.303 e. The van der Waals surface area contributed by atoms with Crippen LogP contribution in [0.3, 0.4) is 0 Å². The average molecular weight is 219 g/mol. The van der Waals surface area contributed by atoms with Crippen molar-refractivity contribution in [3.63, 3.8) is 0 Å². The van der Waals surface area contributed by atoms with E-state index in [1.165, 1.54) is 11.1 Å². The van der Waals surface area contributed by atoms with Crippen LogP contribution in [-0.4, -0.2) is 17.6 Å². The maximum Gasteiger partial charge on any atom is 0.303 e. The van der Waals surface area contributed by atoms with Crippen molar-refractivity contribution in [1.29, 1.82) is 0 Å². The molecule has 0 spiro atoms. The van der Waals surface area contributed by atoms with Gasteiger partial charge in [0.15, 0.2) is 0 Å². The Bertz CT molecular complexity index is 403. The third-order valence-electron chi connectivity index (χ3n) is 3.57. The highest BCUT2D eigenvalue weighted by atomic mass is 16.4. The van der Waals surface area contributed by atoms with Crippen LogP contribution < -0.4 is 5.73 Å². The van der Waals surface area contributed by atoms with Crippen molar-refractivity contribution >= 4 is 5.97 Å². The fraction of sp³-hybridized carbons (Fsp3) is 0.462. The Kier molecular flexibility index (Phi) is 2.97. The van der Waals surface area contributed by atoms with E-state index in [1.54, 1.807) is 0 Å². The van der Waals surface area contributed by atoms with Crippen molar-refractivity contribution in [3.05, 3.63) is 35.4 Å². The summed E-state index contributed by atoms with van der Waals surface area (Å²) in [6.45, 7) is 0.452. The van der Waals surface area contributed by atoms with Gasteiger partial charge in [0.2, 0.25) is 0 Å². The van der Waals surface area contributed by atoms with Crippen molar-refractivity contribution in [1.82, 2.24) is 0 Å². The number of rotatable bonds is 3. The number of carbonyl (C=O) groups is 1. The molecule has 0 saturated heterocycles. The summed E-state index contributed by atoms with van der Waals surface area (Å²) in [6, 6.07) is 8.25. The van der Waals surface area contributed by atoms with E-state index >= 15 is 0 Å². The molecule has 3 nitrogen and oxygen atoms in total. The first-order chi connectivity index (χ1) is 7.65. The number of fused-ring (bicyclic) bond motifs is 1. The van der Waals surface area contributed by atoms with Gasteiger partial charge in [-0.25, -0.2) is 0 Å². The average Bonchev–Trinajstić information content (AvgIpc) is 2.28. The first kappa shape index (κ1) is 11.1. The molecule has 1 aliphatic rings. The molecule has 1 aliphatic carbocycles. The summed E-state index contributed by atoms with van der Waals surface area (Å²) < 4.78 is 0. The number of hydrogen-bond donors (Lipinski definition) is 2. The third-order valence-corrected chi connectivity index (χ3v) is 3.57. The molecule has 0 amide bonds. The maximum atomic E-state index is 10.9. The summed E-state index contributed by atoms with van der Waals surface area (Å²) in [5, 5.41) is 8.95. The number of aryl methyl sites for hydroxylation is 1. The SMILES string of the molecule is NCC1(CC(=O)O)CCc2ccccc2C1. The van der Waals surface area contributed by atoms with E-state index < -0.39 is 5.97 Å². The van der Waals surface area contributed by atoms with Gasteiger partial charge < -0.3 is 10.8 Å². The molecule has 0 saturated carbocycles. The first-order valence-electron chi connectivity index (χ1n) is 5.64. The molecule has 16 heavy (non-hydrogen) atoms. The predicted molar refractivity (Wildman–Crippen MR) is 62.2 cm³/mol. The van der Waals surface area contributed by atoms with Gasteiger partial charge in [0.05, 0.1) is 6.42 Å². The van der Waals surface area contributed by atoms with Crippen molar-refractivity contribution in [2.45, 2.75) is 25.7 Å². The lowest BCUT2D eigenvalue weighted by atomic mass is 9.69. The summed E-state index contributed by atoms with van der Waals surface area (Å²) in [5.74, 6) is -0.746. The van der Waals surface area contributed by atoms with Gasteiger partial charge >= 0.3 is 5.97 Å². The van der Waals surface area contributed by atoms with Gasteiger partial charge in [-0.3, -0.25) is 4.79 Å². The number of nitrogens with two attached hydrogens (primary N) is 1. The van der Waals surface area contributed by atoms with Crippen LogP contribution in [0.1, 0.15) is 24.0 Å². The molecular formula is C13H17NO2. The van der Waals surface area contributed by atoms with E-state index in [9.17, 15) is 4.79 Å². The summed E-state index contributed by atoms with van der Waals surface area (Å²) in [6.07, 6.45) is 2.80. The highest BCUT2D eigenvalue weighted by Gasteiger charge is 2.35. The quantitative estimate of drug-likeness (QED) is 0.811. The topological polar surface area (TPSA) is 63.3 Å². The van der Waals surface area contributed by atoms with E-state index in [1.807, 2.05) is 12.1 Å². The van der Waals surface area contributed by atoms with E-state index in [0.717, 1.165) is 19.3 Å². The second kappa shape index (κ2) is 4.26. The van der Waals surface area contributed by atoms with Crippen LogP contribution in [0.15, 0.2) is 24.3 Å². The zero-order chi connectivity index (χ0) is 11.6. The Morgan fingerprint density at radius 2 is 2.06 bits per heavy atom. The second-order valence-corrected chi connectivity index (χ2v) is 4.72. The number of benzene rings is 1. The lowest BCUT2D eigenvalue weighted by Crippen LogP contribution is -2.38. The highest BCUT2D eigenvalue weighted by molar-refractivity contribution is 5.68. The lowest BCUT2D eigenvalue weighted by molar-refractivity contribution is -0.139. The molecule has 1 aromatic carbocycles. The van der Waals surface area contributed by atoms with Crippen molar-refractivity contribution in [2.75, 3.05) is 6.54 Å². The van der Waals surface area contributed by atoms with Gasteiger partial charge in [0.25, 0.3) is 0 Å². The Morgan fingerprint density at radius 3 is 2.69 bits per heavy atom. The molecule has 0 heterocycles. The van der Waals surface area contributed by atoms with Crippen LogP contribution >= 0.6 is 0 Å². The summed E-state index contributed by atoms with van der Waals surface area (Å²) in [7, 11) is 0. The third kappa shape index (κ3) is 2.09. The minimum Gasteiger partial charge on any atom is -0.481 e. The van der Waals surface area contributed by atoms with E-state index in [-0.39, 0.29) is 11.8 Å².